The molecular weight excluding hydrogens is 354 g/mol. The van der Waals surface area contributed by atoms with Crippen molar-refractivity contribution in [2.24, 2.45) is 0 Å². The van der Waals surface area contributed by atoms with Crippen LogP contribution < -0.4 is 15.4 Å². The second kappa shape index (κ2) is 6.53. The number of hydrogen-bond acceptors (Lipinski definition) is 5. The van der Waals surface area contributed by atoms with Crippen LogP contribution in [0.5, 0.6) is 0 Å². The average Bonchev–Trinajstić information content (AvgIpc) is 3.38. The van der Waals surface area contributed by atoms with Gasteiger partial charge in [-0.25, -0.2) is 13.1 Å². The lowest BCUT2D eigenvalue weighted by Gasteiger charge is -2.20. The Hall–Kier alpha value is -2.16. The minimum absolute atomic E-state index is 0.112. The van der Waals surface area contributed by atoms with Gasteiger partial charge in [0.15, 0.2) is 5.76 Å². The molecule has 4 rings (SSSR count). The quantitative estimate of drug-likeness (QED) is 0.735. The van der Waals surface area contributed by atoms with E-state index in [1.54, 1.807) is 30.3 Å². The van der Waals surface area contributed by atoms with E-state index in [-0.39, 0.29) is 22.6 Å². The first-order chi connectivity index (χ1) is 12.5. The maximum Gasteiger partial charge on any atom is 0.287 e. The molecule has 0 radical (unpaired) electrons. The fourth-order valence-corrected chi connectivity index (χ4v) is 4.78. The van der Waals surface area contributed by atoms with E-state index in [1.165, 1.54) is 19.5 Å². The lowest BCUT2D eigenvalue weighted by molar-refractivity contribution is 0.0903. The molecule has 0 aliphatic carbocycles. The van der Waals surface area contributed by atoms with Crippen LogP contribution in [0.4, 0.5) is 0 Å². The zero-order chi connectivity index (χ0) is 18.3. The minimum atomic E-state index is -3.63. The molecule has 0 unspecified atom stereocenters. The first kappa shape index (κ1) is 17.3. The molecule has 3 heterocycles. The first-order valence-electron chi connectivity index (χ1n) is 8.67. The maximum atomic E-state index is 12.5. The molecule has 2 aliphatic heterocycles. The van der Waals surface area contributed by atoms with Crippen molar-refractivity contribution < 1.29 is 17.6 Å². The highest BCUT2D eigenvalue weighted by atomic mass is 32.2. The number of benzene rings is 1. The summed E-state index contributed by atoms with van der Waals surface area (Å²) in [5.74, 6) is 0.250. The van der Waals surface area contributed by atoms with E-state index >= 15 is 0 Å². The number of carbonyl (C=O) groups excluding carboxylic acids is 1. The van der Waals surface area contributed by atoms with E-state index < -0.39 is 10.0 Å². The van der Waals surface area contributed by atoms with Crippen LogP contribution in [-0.2, 0) is 10.0 Å². The molecule has 3 N–H and O–H groups in total. The number of carbonyl (C=O) groups is 1. The second-order valence-electron chi connectivity index (χ2n) is 6.73. The van der Waals surface area contributed by atoms with Crippen molar-refractivity contribution in [1.29, 1.82) is 0 Å². The molecule has 2 fully saturated rings. The van der Waals surface area contributed by atoms with Gasteiger partial charge in [-0.2, -0.15) is 0 Å². The number of hydrogen-bond donors (Lipinski definition) is 3. The first-order valence-corrected chi connectivity index (χ1v) is 10.2. The van der Waals surface area contributed by atoms with E-state index in [0.29, 0.717) is 23.4 Å². The molecular formula is C18H21N3O4S. The van der Waals surface area contributed by atoms with Crippen LogP contribution in [0.3, 0.4) is 0 Å². The standard InChI is InChI=1S/C18H21N3O4S/c1-19-26(23,24)17-5-3-2-4-12(17)15-8-9-16(25-15)18(22)21-14-10-11-6-7-13(14)20-11/h2-5,8-9,11,13-14,19-20H,6-7,10H2,1H3,(H,21,22)/t11-,13+,14-/m1/s1. The van der Waals surface area contributed by atoms with Gasteiger partial charge in [0.2, 0.25) is 10.0 Å². The van der Waals surface area contributed by atoms with E-state index in [0.717, 1.165) is 12.8 Å². The third-order valence-corrected chi connectivity index (χ3v) is 6.63. The van der Waals surface area contributed by atoms with Crippen LogP contribution in [0.25, 0.3) is 11.3 Å². The Labute approximate surface area is 152 Å². The molecule has 2 saturated heterocycles. The smallest absolute Gasteiger partial charge is 0.287 e. The summed E-state index contributed by atoms with van der Waals surface area (Å²) < 4.78 is 32.4. The van der Waals surface area contributed by atoms with Crippen molar-refractivity contribution in [3.05, 3.63) is 42.2 Å². The van der Waals surface area contributed by atoms with Crippen molar-refractivity contribution in [2.75, 3.05) is 7.05 Å². The van der Waals surface area contributed by atoms with Gasteiger partial charge < -0.3 is 15.1 Å². The zero-order valence-corrected chi connectivity index (χ0v) is 15.2. The Morgan fingerprint density at radius 1 is 1.19 bits per heavy atom. The Bertz CT molecular complexity index is 937. The van der Waals surface area contributed by atoms with E-state index in [4.69, 9.17) is 4.42 Å². The van der Waals surface area contributed by atoms with Crippen LogP contribution >= 0.6 is 0 Å². The maximum absolute atomic E-state index is 12.5. The Morgan fingerprint density at radius 3 is 2.69 bits per heavy atom. The predicted octanol–water partition coefficient (Wildman–Crippen LogP) is 1.48. The van der Waals surface area contributed by atoms with Gasteiger partial charge in [-0.1, -0.05) is 12.1 Å². The normalized spacial score (nSPS) is 24.7. The fourth-order valence-electron chi connectivity index (χ4n) is 3.84. The van der Waals surface area contributed by atoms with Gasteiger partial charge in [-0.3, -0.25) is 4.79 Å². The lowest BCUT2D eigenvalue weighted by Crippen LogP contribution is -2.42. The molecule has 26 heavy (non-hydrogen) atoms. The van der Waals surface area contributed by atoms with E-state index in [9.17, 15) is 13.2 Å². The summed E-state index contributed by atoms with van der Waals surface area (Å²) in [4.78, 5) is 12.6. The van der Waals surface area contributed by atoms with E-state index in [2.05, 4.69) is 15.4 Å². The van der Waals surface area contributed by atoms with Gasteiger partial charge in [-0.05, 0) is 50.6 Å². The third-order valence-electron chi connectivity index (χ3n) is 5.16. The molecule has 8 heteroatoms. The topological polar surface area (TPSA) is 100 Å². The molecule has 1 aromatic heterocycles. The number of amides is 1. The lowest BCUT2D eigenvalue weighted by atomic mass is 9.95. The van der Waals surface area contributed by atoms with Gasteiger partial charge in [0.25, 0.3) is 5.91 Å². The van der Waals surface area contributed by atoms with E-state index in [1.807, 2.05) is 0 Å². The van der Waals surface area contributed by atoms with Crippen molar-refractivity contribution in [3.8, 4) is 11.3 Å². The molecule has 2 bridgehead atoms. The summed E-state index contributed by atoms with van der Waals surface area (Å²) in [6.07, 6.45) is 3.18. The van der Waals surface area contributed by atoms with Crippen molar-refractivity contribution in [2.45, 2.75) is 42.3 Å². The Balaban J connectivity index is 1.56. The highest BCUT2D eigenvalue weighted by Crippen LogP contribution is 2.30. The molecule has 2 aliphatic rings. The van der Waals surface area contributed by atoms with Crippen LogP contribution in [0, 0.1) is 0 Å². The zero-order valence-electron chi connectivity index (χ0n) is 14.4. The van der Waals surface area contributed by atoms with Crippen LogP contribution in [0.15, 0.2) is 45.7 Å². The Morgan fingerprint density at radius 2 is 2.00 bits per heavy atom. The van der Waals surface area contributed by atoms with Crippen LogP contribution in [0.1, 0.15) is 29.8 Å². The summed E-state index contributed by atoms with van der Waals surface area (Å²) in [6, 6.07) is 10.7. The van der Waals surface area contributed by atoms with Crippen molar-refractivity contribution in [1.82, 2.24) is 15.4 Å². The SMILES string of the molecule is CNS(=O)(=O)c1ccccc1-c1ccc(C(=O)N[C@@H]2C[C@H]3CC[C@@H]2N3)o1. The Kier molecular flexibility index (Phi) is 4.34. The summed E-state index contributed by atoms with van der Waals surface area (Å²) in [5, 5.41) is 6.50. The number of rotatable bonds is 5. The van der Waals surface area contributed by atoms with Gasteiger partial charge in [-0.15, -0.1) is 0 Å². The summed E-state index contributed by atoms with van der Waals surface area (Å²) in [6.45, 7) is 0. The largest absolute Gasteiger partial charge is 0.451 e. The third kappa shape index (κ3) is 3.04. The minimum Gasteiger partial charge on any atom is -0.451 e. The molecule has 1 amide bonds. The van der Waals surface area contributed by atoms with Crippen LogP contribution in [0.2, 0.25) is 0 Å². The molecule has 138 valence electrons. The number of fused-ring (bicyclic) bond motifs is 2. The molecule has 7 nitrogen and oxygen atoms in total. The highest BCUT2D eigenvalue weighted by molar-refractivity contribution is 7.89. The molecule has 2 aromatic rings. The van der Waals surface area contributed by atoms with Gasteiger partial charge >= 0.3 is 0 Å². The predicted molar refractivity (Wildman–Crippen MR) is 96.2 cm³/mol. The monoisotopic (exact) mass is 375 g/mol. The van der Waals surface area contributed by atoms with Crippen molar-refractivity contribution >= 4 is 15.9 Å². The van der Waals surface area contributed by atoms with Gasteiger partial charge in [0.05, 0.1) is 4.90 Å². The number of sulfonamides is 1. The van der Waals surface area contributed by atoms with Crippen LogP contribution in [-0.4, -0.2) is 39.5 Å². The summed E-state index contributed by atoms with van der Waals surface area (Å²) in [7, 11) is -2.27. The fraction of sp³-hybridized carbons (Fsp3) is 0.389. The summed E-state index contributed by atoms with van der Waals surface area (Å²) in [5.41, 5.74) is 0.419. The molecule has 3 atom stereocenters. The van der Waals surface area contributed by atoms with Gasteiger partial charge in [0, 0.05) is 23.7 Å². The highest BCUT2D eigenvalue weighted by Gasteiger charge is 2.40. The molecule has 0 spiro atoms. The molecule has 1 aromatic carbocycles. The summed E-state index contributed by atoms with van der Waals surface area (Å²) >= 11 is 0. The average molecular weight is 375 g/mol. The number of furan rings is 1. The van der Waals surface area contributed by atoms with Gasteiger partial charge in [0.1, 0.15) is 5.76 Å². The second-order valence-corrected chi connectivity index (χ2v) is 8.59. The molecule has 0 saturated carbocycles. The number of nitrogens with one attached hydrogen (secondary N) is 3. The van der Waals surface area contributed by atoms with Crippen molar-refractivity contribution in [3.63, 3.8) is 0 Å².